The van der Waals surface area contributed by atoms with Crippen LogP contribution < -0.4 is 11.1 Å². The number of carboxylic acids is 1. The summed E-state index contributed by atoms with van der Waals surface area (Å²) in [4.78, 5) is 23.8. The van der Waals surface area contributed by atoms with Gasteiger partial charge in [0.05, 0.1) is 27.9 Å². The fourth-order valence-corrected chi connectivity index (χ4v) is 3.17. The molecule has 1 unspecified atom stereocenters. The molecular formula is C22H20ClN5O2. The van der Waals surface area contributed by atoms with E-state index < -0.39 is 11.3 Å². The molecule has 0 radical (unpaired) electrons. The number of nitrogens with one attached hydrogen (secondary N) is 1. The van der Waals surface area contributed by atoms with Crippen LogP contribution in [0.2, 0.25) is 0 Å². The van der Waals surface area contributed by atoms with Crippen LogP contribution in [0.25, 0.3) is 0 Å². The molecule has 0 saturated heterocycles. The van der Waals surface area contributed by atoms with Gasteiger partial charge in [-0.15, -0.1) is 11.6 Å². The Morgan fingerprint density at radius 3 is 2.53 bits per heavy atom. The Balaban J connectivity index is 1.90. The van der Waals surface area contributed by atoms with Gasteiger partial charge in [0.2, 0.25) is 5.95 Å². The molecule has 0 fully saturated rings. The van der Waals surface area contributed by atoms with Crippen molar-refractivity contribution in [1.82, 2.24) is 15.0 Å². The Kier molecular flexibility index (Phi) is 6.50. The van der Waals surface area contributed by atoms with Crippen LogP contribution in [-0.4, -0.2) is 33.1 Å². The number of aromatic nitrogens is 3. The van der Waals surface area contributed by atoms with Crippen molar-refractivity contribution in [3.63, 3.8) is 0 Å². The number of hydrogen-bond acceptors (Lipinski definition) is 6. The van der Waals surface area contributed by atoms with Crippen molar-refractivity contribution >= 4 is 29.3 Å². The lowest BCUT2D eigenvalue weighted by Gasteiger charge is -2.13. The summed E-state index contributed by atoms with van der Waals surface area (Å²) in [5.74, 6) is 6.07. The van der Waals surface area contributed by atoms with E-state index in [0.717, 1.165) is 16.9 Å². The third-order valence-corrected chi connectivity index (χ3v) is 4.76. The lowest BCUT2D eigenvalue weighted by Crippen LogP contribution is -2.09. The summed E-state index contributed by atoms with van der Waals surface area (Å²) in [6.45, 7) is 1.80. The van der Waals surface area contributed by atoms with Crippen LogP contribution in [0.5, 0.6) is 0 Å². The van der Waals surface area contributed by atoms with Crippen LogP contribution in [0.4, 0.5) is 11.8 Å². The van der Waals surface area contributed by atoms with Crippen molar-refractivity contribution < 1.29 is 9.90 Å². The number of nitrogens with two attached hydrogens (primary N) is 1. The molecule has 1 aromatic carbocycles. The zero-order valence-electron chi connectivity index (χ0n) is 16.5. The van der Waals surface area contributed by atoms with Crippen molar-refractivity contribution in [2.75, 3.05) is 18.1 Å². The number of benzene rings is 1. The van der Waals surface area contributed by atoms with E-state index in [9.17, 15) is 4.79 Å². The summed E-state index contributed by atoms with van der Waals surface area (Å²) in [5, 5.41) is 11.5. The number of halogens is 1. The number of hydrogen-bond donors (Lipinski definition) is 3. The third-order valence-electron chi connectivity index (χ3n) is 4.40. The van der Waals surface area contributed by atoms with Gasteiger partial charge in [-0.2, -0.15) is 0 Å². The molecule has 0 spiro atoms. The van der Waals surface area contributed by atoms with Crippen LogP contribution in [0.15, 0.2) is 42.6 Å². The molecule has 30 heavy (non-hydrogen) atoms. The predicted molar refractivity (Wildman–Crippen MR) is 117 cm³/mol. The topological polar surface area (TPSA) is 114 Å². The minimum absolute atomic E-state index is 0.125. The molecule has 0 aliphatic heterocycles. The van der Waals surface area contributed by atoms with Gasteiger partial charge in [-0.05, 0) is 43.2 Å². The summed E-state index contributed by atoms with van der Waals surface area (Å²) >= 11 is 6.66. The summed E-state index contributed by atoms with van der Waals surface area (Å²) < 4.78 is 0. The first kappa shape index (κ1) is 21.1. The first-order valence-corrected chi connectivity index (χ1v) is 9.57. The van der Waals surface area contributed by atoms with Crippen molar-refractivity contribution in [1.29, 1.82) is 0 Å². The van der Waals surface area contributed by atoms with Crippen LogP contribution in [0, 0.1) is 18.8 Å². The molecule has 7 nitrogen and oxygen atoms in total. The monoisotopic (exact) mass is 421 g/mol. The minimum atomic E-state index is -0.974. The highest BCUT2D eigenvalue weighted by Gasteiger charge is 2.18. The Labute approximate surface area is 179 Å². The number of rotatable bonds is 5. The number of nitrogen functional groups attached to an aromatic ring is 1. The number of anilines is 2. The molecule has 8 heteroatoms. The number of carboxylic acid groups (broad SMARTS) is 1. The fourth-order valence-electron chi connectivity index (χ4n) is 2.84. The molecule has 0 bridgehead atoms. The molecule has 2 aromatic heterocycles. The maximum absolute atomic E-state index is 11.0. The molecule has 0 aliphatic rings. The van der Waals surface area contributed by atoms with Gasteiger partial charge in [0, 0.05) is 18.8 Å². The second-order valence-corrected chi connectivity index (χ2v) is 7.06. The van der Waals surface area contributed by atoms with Gasteiger partial charge in [0.25, 0.3) is 0 Å². The van der Waals surface area contributed by atoms with Crippen molar-refractivity contribution in [2.45, 2.75) is 18.7 Å². The second kappa shape index (κ2) is 9.25. The van der Waals surface area contributed by atoms with Gasteiger partial charge in [0.15, 0.2) is 0 Å². The van der Waals surface area contributed by atoms with E-state index in [1.807, 2.05) is 12.1 Å². The van der Waals surface area contributed by atoms with Crippen molar-refractivity contribution in [3.8, 4) is 11.8 Å². The number of alkyl halides is 1. The van der Waals surface area contributed by atoms with Crippen LogP contribution in [0.3, 0.4) is 0 Å². The summed E-state index contributed by atoms with van der Waals surface area (Å²) in [6, 6.07) is 10.3. The summed E-state index contributed by atoms with van der Waals surface area (Å²) in [5.41, 5.74) is 9.47. The van der Waals surface area contributed by atoms with Crippen LogP contribution in [0.1, 0.15) is 43.8 Å². The quantitative estimate of drug-likeness (QED) is 0.427. The fraction of sp³-hybridized carbons (Fsp3) is 0.182. The molecule has 3 rings (SSSR count). The van der Waals surface area contributed by atoms with E-state index in [1.54, 1.807) is 44.4 Å². The van der Waals surface area contributed by atoms with Crippen molar-refractivity contribution in [2.24, 2.45) is 0 Å². The number of carbonyl (C=O) groups is 1. The standard InChI is InChI=1S/C22H20ClN5O2/c1-13-17(9-5-15-6-10-19(25-2)26-12-15)20(28-22(24)27-13)18(23)11-14-3-7-16(8-4-14)21(29)30/h3-4,6-8,10,12,18H,11H2,1-2H3,(H,25,26)(H,29,30)(H2,24,27,28). The van der Waals surface area contributed by atoms with Gasteiger partial charge in [-0.3, -0.25) is 0 Å². The third kappa shape index (κ3) is 5.04. The van der Waals surface area contributed by atoms with Crippen molar-refractivity contribution in [3.05, 3.63) is 76.2 Å². The highest BCUT2D eigenvalue weighted by atomic mass is 35.5. The Hall–Kier alpha value is -3.63. The van der Waals surface area contributed by atoms with Gasteiger partial charge in [-0.1, -0.05) is 24.0 Å². The number of pyridine rings is 1. The summed E-state index contributed by atoms with van der Waals surface area (Å²) in [7, 11) is 1.80. The maximum Gasteiger partial charge on any atom is 0.335 e. The highest BCUT2D eigenvalue weighted by molar-refractivity contribution is 6.21. The Bertz CT molecular complexity index is 1120. The zero-order valence-corrected chi connectivity index (χ0v) is 17.2. The first-order chi connectivity index (χ1) is 14.4. The number of aryl methyl sites for hydroxylation is 1. The summed E-state index contributed by atoms with van der Waals surface area (Å²) in [6.07, 6.45) is 2.11. The van der Waals surface area contributed by atoms with Crippen LogP contribution >= 0.6 is 11.6 Å². The largest absolute Gasteiger partial charge is 0.478 e. The maximum atomic E-state index is 11.0. The van der Waals surface area contributed by atoms with Gasteiger partial charge in [0.1, 0.15) is 5.82 Å². The second-order valence-electron chi connectivity index (χ2n) is 6.53. The molecule has 152 valence electrons. The van der Waals surface area contributed by atoms with E-state index >= 15 is 0 Å². The number of nitrogens with zero attached hydrogens (tertiary/aromatic N) is 3. The normalized spacial score (nSPS) is 11.3. The van der Waals surface area contributed by atoms with E-state index in [4.69, 9.17) is 22.4 Å². The van der Waals surface area contributed by atoms with E-state index in [0.29, 0.717) is 23.4 Å². The molecule has 0 amide bonds. The molecule has 2 heterocycles. The number of aromatic carboxylic acids is 1. The zero-order chi connectivity index (χ0) is 21.7. The SMILES string of the molecule is CNc1ccc(C#Cc2c(C)nc(N)nc2C(Cl)Cc2ccc(C(=O)O)cc2)cn1. The first-order valence-electron chi connectivity index (χ1n) is 9.13. The van der Waals surface area contributed by atoms with E-state index in [2.05, 4.69) is 32.1 Å². The van der Waals surface area contributed by atoms with E-state index in [-0.39, 0.29) is 11.5 Å². The van der Waals surface area contributed by atoms with Crippen LogP contribution in [-0.2, 0) is 6.42 Å². The van der Waals surface area contributed by atoms with Gasteiger partial charge >= 0.3 is 5.97 Å². The molecule has 0 saturated carbocycles. The molecule has 1 atom stereocenters. The van der Waals surface area contributed by atoms with Gasteiger partial charge < -0.3 is 16.2 Å². The van der Waals surface area contributed by atoms with Gasteiger partial charge in [-0.25, -0.2) is 19.7 Å². The smallest absolute Gasteiger partial charge is 0.335 e. The predicted octanol–water partition coefficient (Wildman–Crippen LogP) is 3.42. The highest BCUT2D eigenvalue weighted by Crippen LogP contribution is 2.28. The lowest BCUT2D eigenvalue weighted by molar-refractivity contribution is 0.0697. The lowest BCUT2D eigenvalue weighted by atomic mass is 10.0. The average molecular weight is 422 g/mol. The molecule has 3 aromatic rings. The molecular weight excluding hydrogens is 402 g/mol. The Morgan fingerprint density at radius 2 is 1.93 bits per heavy atom. The molecule has 0 aliphatic carbocycles. The molecule has 4 N–H and O–H groups in total. The average Bonchev–Trinajstić information content (AvgIpc) is 2.73. The Morgan fingerprint density at radius 1 is 1.20 bits per heavy atom. The minimum Gasteiger partial charge on any atom is -0.478 e. The van der Waals surface area contributed by atoms with E-state index in [1.165, 1.54) is 0 Å².